The summed E-state index contributed by atoms with van der Waals surface area (Å²) in [6, 6.07) is 6.34. The van der Waals surface area contributed by atoms with E-state index < -0.39 is 6.23 Å². The minimum absolute atomic E-state index is 0.169. The molecule has 2 rings (SSSR count). The fourth-order valence-electron chi connectivity index (χ4n) is 2.44. The highest BCUT2D eigenvalue weighted by atomic mass is 16.3. The number of aliphatic hydroxyl groups excluding tert-OH is 1. The van der Waals surface area contributed by atoms with E-state index in [4.69, 9.17) is 0 Å². The van der Waals surface area contributed by atoms with E-state index in [1.807, 2.05) is 6.07 Å². The average molecular weight is 234 g/mol. The van der Waals surface area contributed by atoms with Crippen LogP contribution in [0.3, 0.4) is 0 Å². The molecule has 1 fully saturated rings. The lowest BCUT2D eigenvalue weighted by atomic mass is 10.0. The molecule has 2 atom stereocenters. The molecular formula is C14H22N2O. The second-order valence-electron chi connectivity index (χ2n) is 4.91. The maximum atomic E-state index is 10.2. The standard InChI is InChI=1S/C14H22N2O/c1-10-6-5-7-11(2)13(10)16-14(17)12-8-3-4-9-15-12/h5-7,12,14-17H,3-4,8-9H2,1-2H3. The lowest BCUT2D eigenvalue weighted by Gasteiger charge is -2.30. The van der Waals surface area contributed by atoms with E-state index >= 15 is 0 Å². The molecule has 3 nitrogen and oxygen atoms in total. The van der Waals surface area contributed by atoms with Gasteiger partial charge in [0.1, 0.15) is 6.23 Å². The molecule has 1 aliphatic heterocycles. The van der Waals surface area contributed by atoms with Crippen LogP contribution in [0.2, 0.25) is 0 Å². The average Bonchev–Trinajstić information content (AvgIpc) is 2.35. The Morgan fingerprint density at radius 3 is 2.59 bits per heavy atom. The Balaban J connectivity index is 2.04. The van der Waals surface area contributed by atoms with Gasteiger partial charge < -0.3 is 15.7 Å². The zero-order valence-corrected chi connectivity index (χ0v) is 10.7. The highest BCUT2D eigenvalue weighted by molar-refractivity contribution is 5.57. The molecule has 0 bridgehead atoms. The van der Waals surface area contributed by atoms with E-state index in [0.717, 1.165) is 18.7 Å². The number of benzene rings is 1. The fraction of sp³-hybridized carbons (Fsp3) is 0.571. The summed E-state index contributed by atoms with van der Waals surface area (Å²) in [5.74, 6) is 0. The van der Waals surface area contributed by atoms with Crippen molar-refractivity contribution in [1.82, 2.24) is 5.32 Å². The van der Waals surface area contributed by atoms with Crippen LogP contribution in [0.1, 0.15) is 30.4 Å². The molecule has 1 aliphatic rings. The number of para-hydroxylation sites is 1. The number of hydrogen-bond acceptors (Lipinski definition) is 3. The molecule has 0 aromatic heterocycles. The normalized spacial score (nSPS) is 22.2. The molecular weight excluding hydrogens is 212 g/mol. The van der Waals surface area contributed by atoms with E-state index in [9.17, 15) is 5.11 Å². The summed E-state index contributed by atoms with van der Waals surface area (Å²) in [5.41, 5.74) is 3.42. The monoisotopic (exact) mass is 234 g/mol. The van der Waals surface area contributed by atoms with Gasteiger partial charge in [-0.2, -0.15) is 0 Å². The number of rotatable bonds is 3. The maximum absolute atomic E-state index is 10.2. The molecule has 1 aromatic carbocycles. The summed E-state index contributed by atoms with van der Waals surface area (Å²) in [4.78, 5) is 0. The first-order valence-corrected chi connectivity index (χ1v) is 6.42. The molecule has 0 spiro atoms. The summed E-state index contributed by atoms with van der Waals surface area (Å²) in [6.45, 7) is 5.14. The number of aliphatic hydroxyl groups is 1. The van der Waals surface area contributed by atoms with Crippen molar-refractivity contribution >= 4 is 5.69 Å². The SMILES string of the molecule is Cc1cccc(C)c1NC(O)C1CCCCN1. The van der Waals surface area contributed by atoms with Crippen molar-refractivity contribution in [3.05, 3.63) is 29.3 Å². The fourth-order valence-corrected chi connectivity index (χ4v) is 2.44. The van der Waals surface area contributed by atoms with Gasteiger partial charge in [0.05, 0.1) is 6.04 Å². The predicted octanol–water partition coefficient (Wildman–Crippen LogP) is 2.18. The van der Waals surface area contributed by atoms with Crippen molar-refractivity contribution in [3.8, 4) is 0 Å². The molecule has 2 unspecified atom stereocenters. The number of nitrogens with one attached hydrogen (secondary N) is 2. The lowest BCUT2D eigenvalue weighted by Crippen LogP contribution is -2.46. The molecule has 94 valence electrons. The van der Waals surface area contributed by atoms with Gasteiger partial charge in [-0.3, -0.25) is 0 Å². The van der Waals surface area contributed by atoms with Gasteiger partial charge in [0.25, 0.3) is 0 Å². The largest absolute Gasteiger partial charge is 0.372 e. The Morgan fingerprint density at radius 1 is 1.29 bits per heavy atom. The first-order chi connectivity index (χ1) is 8.18. The highest BCUT2D eigenvalue weighted by Gasteiger charge is 2.21. The van der Waals surface area contributed by atoms with Gasteiger partial charge in [0.15, 0.2) is 0 Å². The van der Waals surface area contributed by atoms with Crippen molar-refractivity contribution in [2.75, 3.05) is 11.9 Å². The summed E-state index contributed by atoms with van der Waals surface area (Å²) in [7, 11) is 0. The smallest absolute Gasteiger partial charge is 0.139 e. The minimum Gasteiger partial charge on any atom is -0.372 e. The number of aryl methyl sites for hydroxylation is 2. The van der Waals surface area contributed by atoms with Crippen LogP contribution in [-0.4, -0.2) is 23.9 Å². The number of anilines is 1. The van der Waals surface area contributed by atoms with E-state index in [2.05, 4.69) is 36.6 Å². The van der Waals surface area contributed by atoms with Crippen LogP contribution in [0.4, 0.5) is 5.69 Å². The van der Waals surface area contributed by atoms with Crippen LogP contribution in [0.5, 0.6) is 0 Å². The molecule has 1 saturated heterocycles. The van der Waals surface area contributed by atoms with Crippen LogP contribution >= 0.6 is 0 Å². The van der Waals surface area contributed by atoms with E-state index in [1.165, 1.54) is 24.0 Å². The molecule has 3 heteroatoms. The van der Waals surface area contributed by atoms with Crippen LogP contribution in [0.25, 0.3) is 0 Å². The van der Waals surface area contributed by atoms with Crippen molar-refractivity contribution in [1.29, 1.82) is 0 Å². The first kappa shape index (κ1) is 12.4. The van der Waals surface area contributed by atoms with Crippen LogP contribution in [0, 0.1) is 13.8 Å². The molecule has 0 saturated carbocycles. The summed E-state index contributed by atoms with van der Waals surface area (Å²) in [6.07, 6.45) is 2.95. The molecule has 0 radical (unpaired) electrons. The van der Waals surface area contributed by atoms with Crippen molar-refractivity contribution in [2.24, 2.45) is 0 Å². The first-order valence-electron chi connectivity index (χ1n) is 6.42. The summed E-state index contributed by atoms with van der Waals surface area (Å²) < 4.78 is 0. The van der Waals surface area contributed by atoms with Gasteiger partial charge in [-0.05, 0) is 44.4 Å². The predicted molar refractivity (Wildman–Crippen MR) is 71.2 cm³/mol. The minimum atomic E-state index is -0.505. The Hall–Kier alpha value is -1.06. The third-order valence-electron chi connectivity index (χ3n) is 3.50. The quantitative estimate of drug-likeness (QED) is 0.702. The van der Waals surface area contributed by atoms with E-state index in [1.54, 1.807) is 0 Å². The molecule has 1 heterocycles. The maximum Gasteiger partial charge on any atom is 0.139 e. The van der Waals surface area contributed by atoms with Crippen LogP contribution in [0.15, 0.2) is 18.2 Å². The van der Waals surface area contributed by atoms with E-state index in [0.29, 0.717) is 0 Å². The number of hydrogen-bond donors (Lipinski definition) is 3. The Bertz CT molecular complexity index is 352. The Kier molecular flexibility index (Phi) is 4.02. The zero-order chi connectivity index (χ0) is 12.3. The summed E-state index contributed by atoms with van der Waals surface area (Å²) in [5, 5.41) is 16.8. The third kappa shape index (κ3) is 2.99. The molecule has 0 amide bonds. The van der Waals surface area contributed by atoms with Gasteiger partial charge in [-0.15, -0.1) is 0 Å². The number of piperidine rings is 1. The van der Waals surface area contributed by atoms with E-state index in [-0.39, 0.29) is 6.04 Å². The van der Waals surface area contributed by atoms with Gasteiger partial charge >= 0.3 is 0 Å². The van der Waals surface area contributed by atoms with Crippen LogP contribution in [-0.2, 0) is 0 Å². The second kappa shape index (κ2) is 5.52. The topological polar surface area (TPSA) is 44.3 Å². The highest BCUT2D eigenvalue weighted by Crippen LogP contribution is 2.21. The third-order valence-corrected chi connectivity index (χ3v) is 3.50. The Labute approximate surface area is 103 Å². The van der Waals surface area contributed by atoms with Crippen molar-refractivity contribution < 1.29 is 5.11 Å². The summed E-state index contributed by atoms with van der Waals surface area (Å²) >= 11 is 0. The Morgan fingerprint density at radius 2 is 2.00 bits per heavy atom. The van der Waals surface area contributed by atoms with Crippen LogP contribution < -0.4 is 10.6 Å². The van der Waals surface area contributed by atoms with Gasteiger partial charge in [-0.1, -0.05) is 24.6 Å². The van der Waals surface area contributed by atoms with Crippen molar-refractivity contribution in [2.45, 2.75) is 45.4 Å². The zero-order valence-electron chi connectivity index (χ0n) is 10.7. The lowest BCUT2D eigenvalue weighted by molar-refractivity contribution is 0.137. The molecule has 17 heavy (non-hydrogen) atoms. The second-order valence-corrected chi connectivity index (χ2v) is 4.91. The van der Waals surface area contributed by atoms with Crippen molar-refractivity contribution in [3.63, 3.8) is 0 Å². The van der Waals surface area contributed by atoms with Gasteiger partial charge in [-0.25, -0.2) is 0 Å². The van der Waals surface area contributed by atoms with Gasteiger partial charge in [0, 0.05) is 5.69 Å². The molecule has 3 N–H and O–H groups in total. The molecule has 0 aliphatic carbocycles. The molecule has 1 aromatic rings. The van der Waals surface area contributed by atoms with Gasteiger partial charge in [0.2, 0.25) is 0 Å².